The standard InChI is InChI=1S/C20H25N3O3/c1-26-17-8-4-9-20(17)10-5-11-22(14-20)18(24)13-23-19(25)16-7-3-2-6-15(16)12-21-23/h2-3,6-7,12,17H,4-5,8-11,13-14H2,1H3/t17-,20-/m1/s1. The molecule has 2 aromatic rings. The quantitative estimate of drug-likeness (QED) is 0.847. The summed E-state index contributed by atoms with van der Waals surface area (Å²) < 4.78 is 7.00. The number of amides is 1. The smallest absolute Gasteiger partial charge is 0.275 e. The average molecular weight is 355 g/mol. The average Bonchev–Trinajstić information content (AvgIpc) is 3.05. The minimum atomic E-state index is -0.209. The second-order valence-corrected chi connectivity index (χ2v) is 7.59. The third-order valence-electron chi connectivity index (χ3n) is 6.12. The zero-order valence-electron chi connectivity index (χ0n) is 15.2. The number of nitrogens with zero attached hydrogens (tertiary/aromatic N) is 3. The molecular formula is C20H25N3O3. The number of likely N-dealkylation sites (tertiary alicyclic amines) is 1. The number of hydrogen-bond donors (Lipinski definition) is 0. The second-order valence-electron chi connectivity index (χ2n) is 7.59. The number of aromatic nitrogens is 2. The van der Waals surface area contributed by atoms with Crippen LogP contribution in [-0.4, -0.2) is 46.9 Å². The molecule has 0 unspecified atom stereocenters. The molecule has 2 aliphatic rings. The molecule has 2 heterocycles. The lowest BCUT2D eigenvalue weighted by Crippen LogP contribution is -2.51. The highest BCUT2D eigenvalue weighted by atomic mass is 16.5. The SMILES string of the molecule is CO[C@@H]1CCC[C@]12CCCN(C(=O)Cn1ncc3ccccc3c1=O)C2. The van der Waals surface area contributed by atoms with Gasteiger partial charge in [-0.2, -0.15) is 5.10 Å². The van der Waals surface area contributed by atoms with Crippen molar-refractivity contribution in [3.05, 3.63) is 40.8 Å². The number of methoxy groups -OCH3 is 1. The number of fused-ring (bicyclic) bond motifs is 1. The number of benzene rings is 1. The number of carbonyl (C=O) groups excluding carboxylic acids is 1. The molecule has 2 fully saturated rings. The van der Waals surface area contributed by atoms with Crippen LogP contribution in [0.15, 0.2) is 35.3 Å². The van der Waals surface area contributed by atoms with E-state index in [9.17, 15) is 9.59 Å². The van der Waals surface area contributed by atoms with Crippen molar-refractivity contribution in [2.45, 2.75) is 44.8 Å². The molecule has 1 aliphatic carbocycles. The molecule has 26 heavy (non-hydrogen) atoms. The van der Waals surface area contributed by atoms with Crippen LogP contribution in [-0.2, 0) is 16.1 Å². The first-order valence-corrected chi connectivity index (χ1v) is 9.38. The van der Waals surface area contributed by atoms with Gasteiger partial charge in [-0.15, -0.1) is 0 Å². The van der Waals surface area contributed by atoms with Gasteiger partial charge in [-0.05, 0) is 31.7 Å². The van der Waals surface area contributed by atoms with Gasteiger partial charge in [0.25, 0.3) is 5.56 Å². The van der Waals surface area contributed by atoms with E-state index in [1.807, 2.05) is 23.1 Å². The van der Waals surface area contributed by atoms with E-state index in [0.29, 0.717) is 5.39 Å². The molecule has 0 bridgehead atoms. The molecule has 1 aromatic carbocycles. The zero-order chi connectivity index (χ0) is 18.1. The fourth-order valence-corrected chi connectivity index (χ4v) is 4.78. The van der Waals surface area contributed by atoms with E-state index >= 15 is 0 Å². The second kappa shape index (κ2) is 6.83. The van der Waals surface area contributed by atoms with Gasteiger partial charge in [0.05, 0.1) is 17.7 Å². The predicted molar refractivity (Wildman–Crippen MR) is 98.9 cm³/mol. The maximum Gasteiger partial charge on any atom is 0.275 e. The van der Waals surface area contributed by atoms with E-state index < -0.39 is 0 Å². The van der Waals surface area contributed by atoms with Crippen LogP contribution < -0.4 is 5.56 Å². The van der Waals surface area contributed by atoms with Gasteiger partial charge in [-0.1, -0.05) is 24.6 Å². The van der Waals surface area contributed by atoms with E-state index in [1.165, 1.54) is 4.68 Å². The van der Waals surface area contributed by atoms with Gasteiger partial charge in [0.1, 0.15) is 6.54 Å². The number of piperidine rings is 1. The number of carbonyl (C=O) groups is 1. The molecule has 0 N–H and O–H groups in total. The highest BCUT2D eigenvalue weighted by molar-refractivity contribution is 5.81. The van der Waals surface area contributed by atoms with Crippen LogP contribution in [0.5, 0.6) is 0 Å². The molecule has 1 amide bonds. The fourth-order valence-electron chi connectivity index (χ4n) is 4.78. The first kappa shape index (κ1) is 17.2. The van der Waals surface area contributed by atoms with Crippen molar-refractivity contribution in [2.75, 3.05) is 20.2 Å². The van der Waals surface area contributed by atoms with E-state index in [1.54, 1.807) is 19.4 Å². The highest BCUT2D eigenvalue weighted by Gasteiger charge is 2.46. The maximum absolute atomic E-state index is 12.9. The van der Waals surface area contributed by atoms with Crippen LogP contribution in [0.1, 0.15) is 32.1 Å². The lowest BCUT2D eigenvalue weighted by Gasteiger charge is -2.43. The normalized spacial score (nSPS) is 25.9. The lowest BCUT2D eigenvalue weighted by molar-refractivity contribution is -0.138. The molecular weight excluding hydrogens is 330 g/mol. The largest absolute Gasteiger partial charge is 0.381 e. The Morgan fingerprint density at radius 3 is 2.96 bits per heavy atom. The molecule has 1 spiro atoms. The highest BCUT2D eigenvalue weighted by Crippen LogP contribution is 2.46. The van der Waals surface area contributed by atoms with Crippen LogP contribution in [0, 0.1) is 5.41 Å². The Bertz CT molecular complexity index is 878. The Hall–Kier alpha value is -2.21. The summed E-state index contributed by atoms with van der Waals surface area (Å²) in [5, 5.41) is 5.59. The monoisotopic (exact) mass is 355 g/mol. The van der Waals surface area contributed by atoms with Gasteiger partial charge in [0.15, 0.2) is 0 Å². The van der Waals surface area contributed by atoms with E-state index in [4.69, 9.17) is 4.74 Å². The van der Waals surface area contributed by atoms with Crippen molar-refractivity contribution in [3.63, 3.8) is 0 Å². The van der Waals surface area contributed by atoms with Gasteiger partial charge in [0.2, 0.25) is 5.91 Å². The Labute approximate surface area is 152 Å². The van der Waals surface area contributed by atoms with E-state index in [-0.39, 0.29) is 29.5 Å². The number of ether oxygens (including phenoxy) is 1. The van der Waals surface area contributed by atoms with Crippen molar-refractivity contribution in [3.8, 4) is 0 Å². The Kier molecular flexibility index (Phi) is 4.53. The third kappa shape index (κ3) is 2.92. The number of rotatable bonds is 3. The molecule has 138 valence electrons. The molecule has 6 nitrogen and oxygen atoms in total. The maximum atomic E-state index is 12.9. The lowest BCUT2D eigenvalue weighted by atomic mass is 9.76. The van der Waals surface area contributed by atoms with Crippen LogP contribution in [0.2, 0.25) is 0 Å². The topological polar surface area (TPSA) is 64.4 Å². The van der Waals surface area contributed by atoms with Crippen molar-refractivity contribution in [2.24, 2.45) is 5.41 Å². The first-order chi connectivity index (χ1) is 12.6. The summed E-state index contributed by atoms with van der Waals surface area (Å²) >= 11 is 0. The van der Waals surface area contributed by atoms with Crippen molar-refractivity contribution < 1.29 is 9.53 Å². The molecule has 1 aromatic heterocycles. The fraction of sp³-hybridized carbons (Fsp3) is 0.550. The summed E-state index contributed by atoms with van der Waals surface area (Å²) in [5.74, 6) is -0.0318. The van der Waals surface area contributed by atoms with Crippen LogP contribution >= 0.6 is 0 Å². The minimum absolute atomic E-state index is 0.00258. The molecule has 6 heteroatoms. The van der Waals surface area contributed by atoms with Gasteiger partial charge < -0.3 is 9.64 Å². The van der Waals surface area contributed by atoms with Crippen molar-refractivity contribution in [1.29, 1.82) is 0 Å². The molecule has 1 aliphatic heterocycles. The predicted octanol–water partition coefficient (Wildman–Crippen LogP) is 2.20. The van der Waals surface area contributed by atoms with Gasteiger partial charge >= 0.3 is 0 Å². The number of hydrogen-bond acceptors (Lipinski definition) is 4. The summed E-state index contributed by atoms with van der Waals surface area (Å²) in [7, 11) is 1.77. The summed E-state index contributed by atoms with van der Waals surface area (Å²) in [6.45, 7) is 1.48. The zero-order valence-corrected chi connectivity index (χ0v) is 15.2. The summed E-state index contributed by atoms with van der Waals surface area (Å²) in [6.07, 6.45) is 7.34. The van der Waals surface area contributed by atoms with Crippen LogP contribution in [0.25, 0.3) is 10.8 Å². The third-order valence-corrected chi connectivity index (χ3v) is 6.12. The van der Waals surface area contributed by atoms with Gasteiger partial charge in [-0.3, -0.25) is 9.59 Å². The van der Waals surface area contributed by atoms with Gasteiger partial charge in [-0.25, -0.2) is 4.68 Å². The Morgan fingerprint density at radius 1 is 1.31 bits per heavy atom. The summed E-state index contributed by atoms with van der Waals surface area (Å²) in [6, 6.07) is 7.34. The van der Waals surface area contributed by atoms with E-state index in [2.05, 4.69) is 5.10 Å². The van der Waals surface area contributed by atoms with Gasteiger partial charge in [0, 0.05) is 31.0 Å². The Morgan fingerprint density at radius 2 is 2.12 bits per heavy atom. The van der Waals surface area contributed by atoms with Crippen molar-refractivity contribution in [1.82, 2.24) is 14.7 Å². The minimum Gasteiger partial charge on any atom is -0.381 e. The van der Waals surface area contributed by atoms with E-state index in [0.717, 1.165) is 50.6 Å². The van der Waals surface area contributed by atoms with Crippen LogP contribution in [0.4, 0.5) is 0 Å². The molecule has 4 rings (SSSR count). The summed E-state index contributed by atoms with van der Waals surface area (Å²) in [4.78, 5) is 27.4. The molecule has 0 radical (unpaired) electrons. The molecule has 1 saturated carbocycles. The molecule has 2 atom stereocenters. The first-order valence-electron chi connectivity index (χ1n) is 9.38. The summed E-state index contributed by atoms with van der Waals surface area (Å²) in [5.41, 5.74) is -0.122. The van der Waals surface area contributed by atoms with Crippen LogP contribution in [0.3, 0.4) is 0 Å². The molecule has 1 saturated heterocycles. The van der Waals surface area contributed by atoms with Crippen molar-refractivity contribution >= 4 is 16.7 Å². The Balaban J connectivity index is 1.53.